The SMILES string of the molecule is CCSc1nnc([C@H]2CCCN(C(=O)NCc3ccccc3)C2)n1C. The second-order valence-electron chi connectivity index (χ2n) is 6.26. The maximum atomic E-state index is 12.5. The van der Waals surface area contributed by atoms with E-state index in [0.29, 0.717) is 13.1 Å². The second-order valence-corrected chi connectivity index (χ2v) is 7.49. The van der Waals surface area contributed by atoms with Crippen LogP contribution in [0.3, 0.4) is 0 Å². The van der Waals surface area contributed by atoms with E-state index in [4.69, 9.17) is 0 Å². The molecule has 0 bridgehead atoms. The van der Waals surface area contributed by atoms with Gasteiger partial charge in [-0.2, -0.15) is 0 Å². The summed E-state index contributed by atoms with van der Waals surface area (Å²) in [5, 5.41) is 12.6. The first-order valence-corrected chi connectivity index (χ1v) is 9.76. The fraction of sp³-hybridized carbons (Fsp3) is 0.500. The maximum absolute atomic E-state index is 12.5. The monoisotopic (exact) mass is 359 g/mol. The lowest BCUT2D eigenvalue weighted by Crippen LogP contribution is -2.45. The first kappa shape index (κ1) is 17.8. The minimum Gasteiger partial charge on any atom is -0.334 e. The number of hydrogen-bond donors (Lipinski definition) is 1. The van der Waals surface area contributed by atoms with Crippen molar-refractivity contribution in [3.05, 3.63) is 41.7 Å². The molecule has 0 saturated carbocycles. The van der Waals surface area contributed by atoms with Gasteiger partial charge in [0.2, 0.25) is 0 Å². The number of urea groups is 1. The van der Waals surface area contributed by atoms with Crippen LogP contribution in [0.5, 0.6) is 0 Å². The number of hydrogen-bond acceptors (Lipinski definition) is 4. The highest BCUT2D eigenvalue weighted by molar-refractivity contribution is 7.99. The van der Waals surface area contributed by atoms with Crippen LogP contribution in [-0.4, -0.2) is 44.5 Å². The van der Waals surface area contributed by atoms with Crippen molar-refractivity contribution in [1.29, 1.82) is 0 Å². The molecule has 2 heterocycles. The molecule has 1 aromatic heterocycles. The molecule has 25 heavy (non-hydrogen) atoms. The molecule has 1 N–H and O–H groups in total. The van der Waals surface area contributed by atoms with Crippen molar-refractivity contribution in [2.75, 3.05) is 18.8 Å². The topological polar surface area (TPSA) is 63.1 Å². The predicted molar refractivity (Wildman–Crippen MR) is 99.6 cm³/mol. The van der Waals surface area contributed by atoms with Gasteiger partial charge in [0.1, 0.15) is 5.82 Å². The summed E-state index contributed by atoms with van der Waals surface area (Å²) in [5.41, 5.74) is 1.11. The van der Waals surface area contributed by atoms with E-state index >= 15 is 0 Å². The summed E-state index contributed by atoms with van der Waals surface area (Å²) in [6.45, 7) is 4.16. The number of nitrogens with zero attached hydrogens (tertiary/aromatic N) is 4. The minimum absolute atomic E-state index is 0.00104. The molecule has 1 atom stereocenters. The van der Waals surface area contributed by atoms with Crippen LogP contribution in [0, 0.1) is 0 Å². The standard InChI is InChI=1S/C18H25N5OS/c1-3-25-18-21-20-16(22(18)2)15-10-7-11-23(13-15)17(24)19-12-14-8-5-4-6-9-14/h4-6,8-9,15H,3,7,10-13H2,1-2H3,(H,19,24)/t15-/m0/s1. The fourth-order valence-corrected chi connectivity index (χ4v) is 3.84. The molecule has 1 aromatic carbocycles. The zero-order chi connectivity index (χ0) is 17.6. The predicted octanol–water partition coefficient (Wildman–Crippen LogP) is 3.02. The highest BCUT2D eigenvalue weighted by atomic mass is 32.2. The van der Waals surface area contributed by atoms with Crippen molar-refractivity contribution < 1.29 is 4.79 Å². The van der Waals surface area contributed by atoms with Gasteiger partial charge in [0, 0.05) is 32.6 Å². The molecule has 1 aliphatic heterocycles. The van der Waals surface area contributed by atoms with Crippen molar-refractivity contribution in [2.24, 2.45) is 7.05 Å². The summed E-state index contributed by atoms with van der Waals surface area (Å²) in [6, 6.07) is 9.99. The van der Waals surface area contributed by atoms with Gasteiger partial charge in [-0.1, -0.05) is 49.0 Å². The van der Waals surface area contributed by atoms with Crippen LogP contribution in [0.2, 0.25) is 0 Å². The number of piperidine rings is 1. The number of thioether (sulfide) groups is 1. The van der Waals surface area contributed by atoms with E-state index in [1.54, 1.807) is 11.8 Å². The zero-order valence-corrected chi connectivity index (χ0v) is 15.6. The maximum Gasteiger partial charge on any atom is 0.317 e. The van der Waals surface area contributed by atoms with Crippen molar-refractivity contribution in [1.82, 2.24) is 25.0 Å². The van der Waals surface area contributed by atoms with Gasteiger partial charge in [-0.15, -0.1) is 10.2 Å². The lowest BCUT2D eigenvalue weighted by atomic mass is 9.97. The Morgan fingerprint density at radius 3 is 2.88 bits per heavy atom. The van der Waals surface area contributed by atoms with Crippen LogP contribution < -0.4 is 5.32 Å². The first-order valence-electron chi connectivity index (χ1n) is 8.77. The largest absolute Gasteiger partial charge is 0.334 e. The normalized spacial score (nSPS) is 17.5. The molecule has 0 aliphatic carbocycles. The van der Waals surface area contributed by atoms with Crippen molar-refractivity contribution in [3.8, 4) is 0 Å². The third-order valence-electron chi connectivity index (χ3n) is 4.50. The summed E-state index contributed by atoms with van der Waals surface area (Å²) < 4.78 is 2.07. The Morgan fingerprint density at radius 2 is 2.12 bits per heavy atom. The molecular weight excluding hydrogens is 334 g/mol. The van der Waals surface area contributed by atoms with E-state index in [1.807, 2.05) is 42.3 Å². The molecule has 1 fully saturated rings. The average molecular weight is 359 g/mol. The molecule has 0 spiro atoms. The third-order valence-corrected chi connectivity index (χ3v) is 5.40. The molecular formula is C18H25N5OS. The van der Waals surface area contributed by atoms with Gasteiger partial charge in [0.15, 0.2) is 5.16 Å². The fourth-order valence-electron chi connectivity index (χ4n) is 3.19. The Morgan fingerprint density at radius 1 is 1.32 bits per heavy atom. The van der Waals surface area contributed by atoms with E-state index in [1.165, 1.54) is 0 Å². The number of rotatable bonds is 5. The zero-order valence-electron chi connectivity index (χ0n) is 14.8. The van der Waals surface area contributed by atoms with Crippen LogP contribution in [-0.2, 0) is 13.6 Å². The van der Waals surface area contributed by atoms with Gasteiger partial charge in [0.25, 0.3) is 0 Å². The van der Waals surface area contributed by atoms with Crippen LogP contribution in [0.25, 0.3) is 0 Å². The van der Waals surface area contributed by atoms with Gasteiger partial charge in [-0.05, 0) is 24.2 Å². The Kier molecular flexibility index (Phi) is 5.96. The van der Waals surface area contributed by atoms with Crippen LogP contribution >= 0.6 is 11.8 Å². The highest BCUT2D eigenvalue weighted by Gasteiger charge is 2.28. The minimum atomic E-state index is -0.00104. The van der Waals surface area contributed by atoms with E-state index in [-0.39, 0.29) is 11.9 Å². The number of benzene rings is 1. The smallest absolute Gasteiger partial charge is 0.317 e. The summed E-state index contributed by atoms with van der Waals surface area (Å²) >= 11 is 1.70. The molecule has 7 heteroatoms. The van der Waals surface area contributed by atoms with Gasteiger partial charge in [-0.3, -0.25) is 0 Å². The first-order chi connectivity index (χ1) is 12.2. The van der Waals surface area contributed by atoms with Crippen molar-refractivity contribution in [2.45, 2.75) is 37.4 Å². The number of carbonyl (C=O) groups excluding carboxylic acids is 1. The van der Waals surface area contributed by atoms with E-state index in [0.717, 1.165) is 41.7 Å². The Hall–Kier alpha value is -2.02. The van der Waals surface area contributed by atoms with Gasteiger partial charge < -0.3 is 14.8 Å². The number of likely N-dealkylation sites (tertiary alicyclic amines) is 1. The molecule has 1 aliphatic rings. The van der Waals surface area contributed by atoms with Gasteiger partial charge in [0.05, 0.1) is 0 Å². The van der Waals surface area contributed by atoms with E-state index in [9.17, 15) is 4.79 Å². The summed E-state index contributed by atoms with van der Waals surface area (Å²) in [4.78, 5) is 14.4. The quantitative estimate of drug-likeness (QED) is 0.834. The molecule has 6 nitrogen and oxygen atoms in total. The molecule has 1 saturated heterocycles. The molecule has 0 unspecified atom stereocenters. The number of aromatic nitrogens is 3. The summed E-state index contributed by atoms with van der Waals surface area (Å²) in [5.74, 6) is 2.21. The Balaban J connectivity index is 1.60. The van der Waals surface area contributed by atoms with E-state index < -0.39 is 0 Å². The molecule has 2 aromatic rings. The highest BCUT2D eigenvalue weighted by Crippen LogP contribution is 2.27. The average Bonchev–Trinajstić information content (AvgIpc) is 3.02. The van der Waals surface area contributed by atoms with Crippen LogP contribution in [0.4, 0.5) is 4.79 Å². The molecule has 2 amide bonds. The van der Waals surface area contributed by atoms with Crippen molar-refractivity contribution in [3.63, 3.8) is 0 Å². The Bertz CT molecular complexity index is 703. The van der Waals surface area contributed by atoms with Crippen molar-refractivity contribution >= 4 is 17.8 Å². The van der Waals surface area contributed by atoms with Gasteiger partial charge in [-0.25, -0.2) is 4.79 Å². The third kappa shape index (κ3) is 4.34. The lowest BCUT2D eigenvalue weighted by Gasteiger charge is -2.32. The number of carbonyl (C=O) groups is 1. The Labute approximate surface area is 153 Å². The van der Waals surface area contributed by atoms with Gasteiger partial charge >= 0.3 is 6.03 Å². The molecule has 0 radical (unpaired) electrons. The lowest BCUT2D eigenvalue weighted by molar-refractivity contribution is 0.177. The summed E-state index contributed by atoms with van der Waals surface area (Å²) in [6.07, 6.45) is 2.04. The number of nitrogens with one attached hydrogen (secondary N) is 1. The van der Waals surface area contributed by atoms with E-state index in [2.05, 4.69) is 27.0 Å². The second kappa shape index (κ2) is 8.38. The number of amides is 2. The molecule has 3 rings (SSSR count). The van der Waals surface area contributed by atoms with Crippen LogP contribution in [0.1, 0.15) is 37.1 Å². The van der Waals surface area contributed by atoms with Crippen LogP contribution in [0.15, 0.2) is 35.5 Å². The molecule has 134 valence electrons. The summed E-state index contributed by atoms with van der Waals surface area (Å²) in [7, 11) is 2.02.